The molecule has 0 spiro atoms. The van der Waals surface area contributed by atoms with Gasteiger partial charge in [0.05, 0.1) is 0 Å². The maximum Gasteiger partial charge on any atom is 0.257 e. The lowest BCUT2D eigenvalue weighted by atomic mass is 10.0. The molecular weight excluding hydrogens is 238 g/mol. The monoisotopic (exact) mass is 254 g/mol. The van der Waals surface area contributed by atoms with Crippen LogP contribution in [0.1, 0.15) is 30.1 Å². The van der Waals surface area contributed by atoms with Crippen molar-refractivity contribution < 1.29 is 13.6 Å². The number of hydrogen-bond acceptors (Lipinski definition) is 2. The molecule has 1 aliphatic heterocycles. The van der Waals surface area contributed by atoms with Gasteiger partial charge in [-0.1, -0.05) is 6.07 Å². The van der Waals surface area contributed by atoms with Gasteiger partial charge in [-0.15, -0.1) is 0 Å². The fraction of sp³-hybridized carbons (Fsp3) is 0.462. The topological polar surface area (TPSA) is 41.1 Å². The van der Waals surface area contributed by atoms with Crippen molar-refractivity contribution in [2.75, 3.05) is 6.54 Å². The van der Waals surface area contributed by atoms with Gasteiger partial charge in [-0.05, 0) is 31.9 Å². The van der Waals surface area contributed by atoms with Crippen LogP contribution in [0.3, 0.4) is 0 Å². The number of halogens is 2. The van der Waals surface area contributed by atoms with E-state index in [-0.39, 0.29) is 6.04 Å². The van der Waals surface area contributed by atoms with Crippen LogP contribution in [0.2, 0.25) is 0 Å². The molecule has 1 fully saturated rings. The Morgan fingerprint density at radius 2 is 2.00 bits per heavy atom. The smallest absolute Gasteiger partial charge is 0.257 e. The Bertz CT molecular complexity index is 422. The maximum atomic E-state index is 13.4. The maximum absolute atomic E-state index is 13.4. The summed E-state index contributed by atoms with van der Waals surface area (Å²) in [6.07, 6.45) is 1.75. The van der Waals surface area contributed by atoms with Crippen molar-refractivity contribution in [3.05, 3.63) is 35.4 Å². The summed E-state index contributed by atoms with van der Waals surface area (Å²) in [4.78, 5) is 11.8. The van der Waals surface area contributed by atoms with Gasteiger partial charge in [0.1, 0.15) is 17.2 Å². The molecule has 1 aliphatic rings. The minimum atomic E-state index is -0.829. The summed E-state index contributed by atoms with van der Waals surface area (Å²) in [5.41, 5.74) is -0.504. The summed E-state index contributed by atoms with van der Waals surface area (Å²) in [5, 5.41) is 5.87. The first kappa shape index (κ1) is 13.0. The van der Waals surface area contributed by atoms with Gasteiger partial charge in [0.15, 0.2) is 0 Å². The lowest BCUT2D eigenvalue weighted by Crippen LogP contribution is -2.48. The van der Waals surface area contributed by atoms with Crippen LogP contribution in [-0.4, -0.2) is 24.5 Å². The molecule has 0 bridgehead atoms. The van der Waals surface area contributed by atoms with Crippen LogP contribution in [0, 0.1) is 11.6 Å². The van der Waals surface area contributed by atoms with Crippen LogP contribution in [0.25, 0.3) is 0 Å². The molecule has 2 atom stereocenters. The van der Waals surface area contributed by atoms with E-state index in [4.69, 9.17) is 0 Å². The van der Waals surface area contributed by atoms with Crippen molar-refractivity contribution in [2.45, 2.75) is 31.8 Å². The van der Waals surface area contributed by atoms with Gasteiger partial charge in [-0.3, -0.25) is 4.79 Å². The Balaban J connectivity index is 2.04. The van der Waals surface area contributed by atoms with Crippen LogP contribution in [-0.2, 0) is 0 Å². The summed E-state index contributed by atoms with van der Waals surface area (Å²) in [5.74, 6) is -2.35. The van der Waals surface area contributed by atoms with E-state index in [9.17, 15) is 13.6 Å². The molecule has 2 unspecified atom stereocenters. The van der Waals surface area contributed by atoms with E-state index < -0.39 is 23.1 Å². The van der Waals surface area contributed by atoms with Crippen LogP contribution in [0.4, 0.5) is 8.78 Å². The third-order valence-corrected chi connectivity index (χ3v) is 3.19. The van der Waals surface area contributed by atoms with Crippen LogP contribution >= 0.6 is 0 Å². The summed E-state index contributed by atoms with van der Waals surface area (Å²) in [6, 6.07) is 3.75. The normalized spacial score (nSPS) is 23.7. The molecular formula is C13H16F2N2O. The Morgan fingerprint density at radius 1 is 1.33 bits per heavy atom. The van der Waals surface area contributed by atoms with Crippen LogP contribution < -0.4 is 10.6 Å². The van der Waals surface area contributed by atoms with Crippen molar-refractivity contribution in [2.24, 2.45) is 0 Å². The van der Waals surface area contributed by atoms with Crippen molar-refractivity contribution >= 4 is 5.91 Å². The predicted octanol–water partition coefficient (Wildman–Crippen LogP) is 1.84. The molecule has 18 heavy (non-hydrogen) atoms. The van der Waals surface area contributed by atoms with Gasteiger partial charge in [0.2, 0.25) is 0 Å². The third-order valence-electron chi connectivity index (χ3n) is 3.19. The first-order valence-electron chi connectivity index (χ1n) is 6.06. The fourth-order valence-electron chi connectivity index (χ4n) is 2.09. The summed E-state index contributed by atoms with van der Waals surface area (Å²) >= 11 is 0. The number of piperidine rings is 1. The molecule has 1 amide bonds. The second-order valence-corrected chi connectivity index (χ2v) is 4.65. The Kier molecular flexibility index (Phi) is 3.91. The van der Waals surface area contributed by atoms with E-state index in [2.05, 4.69) is 17.6 Å². The van der Waals surface area contributed by atoms with Gasteiger partial charge < -0.3 is 10.6 Å². The van der Waals surface area contributed by atoms with E-state index in [1.54, 1.807) is 0 Å². The Morgan fingerprint density at radius 3 is 2.56 bits per heavy atom. The molecule has 1 aromatic rings. The molecule has 2 rings (SSSR count). The third kappa shape index (κ3) is 2.85. The highest BCUT2D eigenvalue weighted by atomic mass is 19.1. The van der Waals surface area contributed by atoms with E-state index in [0.29, 0.717) is 12.6 Å². The van der Waals surface area contributed by atoms with Crippen molar-refractivity contribution in [1.29, 1.82) is 0 Å². The second kappa shape index (κ2) is 5.44. The Labute approximate surface area is 105 Å². The van der Waals surface area contributed by atoms with Gasteiger partial charge >= 0.3 is 0 Å². The lowest BCUT2D eigenvalue weighted by Gasteiger charge is -2.28. The fourth-order valence-corrected chi connectivity index (χ4v) is 2.09. The van der Waals surface area contributed by atoms with E-state index in [1.165, 1.54) is 6.07 Å². The second-order valence-electron chi connectivity index (χ2n) is 4.65. The number of benzene rings is 1. The van der Waals surface area contributed by atoms with Gasteiger partial charge in [0, 0.05) is 18.6 Å². The molecule has 1 saturated heterocycles. The zero-order valence-corrected chi connectivity index (χ0v) is 10.2. The first-order chi connectivity index (χ1) is 8.58. The molecule has 2 N–H and O–H groups in total. The van der Waals surface area contributed by atoms with Crippen molar-refractivity contribution in [3.8, 4) is 0 Å². The van der Waals surface area contributed by atoms with Gasteiger partial charge in [-0.25, -0.2) is 8.78 Å². The molecule has 0 aliphatic carbocycles. The van der Waals surface area contributed by atoms with Crippen molar-refractivity contribution in [1.82, 2.24) is 10.6 Å². The molecule has 1 aromatic carbocycles. The highest BCUT2D eigenvalue weighted by Gasteiger charge is 2.23. The van der Waals surface area contributed by atoms with E-state index in [1.807, 2.05) is 0 Å². The molecule has 98 valence electrons. The zero-order chi connectivity index (χ0) is 13.1. The first-order valence-corrected chi connectivity index (χ1v) is 6.06. The number of nitrogens with one attached hydrogen (secondary N) is 2. The zero-order valence-electron chi connectivity index (χ0n) is 10.2. The molecule has 0 aromatic heterocycles. The number of amides is 1. The van der Waals surface area contributed by atoms with Crippen LogP contribution in [0.15, 0.2) is 18.2 Å². The molecule has 1 heterocycles. The molecule has 0 saturated carbocycles. The van der Waals surface area contributed by atoms with Gasteiger partial charge in [-0.2, -0.15) is 0 Å². The number of carbonyl (C=O) groups excluding carboxylic acids is 1. The van der Waals surface area contributed by atoms with E-state index in [0.717, 1.165) is 25.0 Å². The quantitative estimate of drug-likeness (QED) is 0.845. The Hall–Kier alpha value is -1.49. The number of carbonyl (C=O) groups is 1. The van der Waals surface area contributed by atoms with Crippen molar-refractivity contribution in [3.63, 3.8) is 0 Å². The van der Waals surface area contributed by atoms with Crippen LogP contribution in [0.5, 0.6) is 0 Å². The largest absolute Gasteiger partial charge is 0.348 e. The summed E-state index contributed by atoms with van der Waals surface area (Å²) in [7, 11) is 0. The van der Waals surface area contributed by atoms with E-state index >= 15 is 0 Å². The molecule has 5 heteroatoms. The molecule has 0 radical (unpaired) electrons. The number of rotatable bonds is 2. The average molecular weight is 254 g/mol. The molecule has 3 nitrogen and oxygen atoms in total. The van der Waals surface area contributed by atoms with Gasteiger partial charge in [0.25, 0.3) is 5.91 Å². The minimum Gasteiger partial charge on any atom is -0.348 e. The SMILES string of the molecule is CC1CCC(NC(=O)c2c(F)cccc2F)CN1. The predicted molar refractivity (Wildman–Crippen MR) is 64.3 cm³/mol. The standard InChI is InChI=1S/C13H16F2N2O/c1-8-5-6-9(7-16-8)17-13(18)12-10(14)3-2-4-11(12)15/h2-4,8-9,16H,5-7H2,1H3,(H,17,18). The summed E-state index contributed by atoms with van der Waals surface area (Å²) < 4.78 is 26.8. The minimum absolute atomic E-state index is 0.0762. The highest BCUT2D eigenvalue weighted by molar-refractivity contribution is 5.94. The summed E-state index contributed by atoms with van der Waals surface area (Å²) in [6.45, 7) is 2.69. The average Bonchev–Trinajstić information content (AvgIpc) is 2.32. The highest BCUT2D eigenvalue weighted by Crippen LogP contribution is 2.13. The lowest BCUT2D eigenvalue weighted by molar-refractivity contribution is 0.0919. The number of hydrogen-bond donors (Lipinski definition) is 2.